The fourth-order valence-corrected chi connectivity index (χ4v) is 2.83. The van der Waals surface area contributed by atoms with Crippen LogP contribution in [0.3, 0.4) is 0 Å². The van der Waals surface area contributed by atoms with Crippen LogP contribution in [0.15, 0.2) is 36.9 Å². The van der Waals surface area contributed by atoms with Gasteiger partial charge >= 0.3 is 6.18 Å². The minimum Gasteiger partial charge on any atom is -0.314 e. The maximum Gasteiger partial charge on any atom is 0.408 e. The molecule has 3 heterocycles. The summed E-state index contributed by atoms with van der Waals surface area (Å²) in [5.74, 6) is 0. The molecule has 3 rings (SSSR count). The summed E-state index contributed by atoms with van der Waals surface area (Å²) in [7, 11) is 0. The quantitative estimate of drug-likeness (QED) is 0.908. The highest BCUT2D eigenvalue weighted by Crippen LogP contribution is 2.24. The van der Waals surface area contributed by atoms with Crippen LogP contribution in [0.1, 0.15) is 17.2 Å². The number of hydrogen-bond acceptors (Lipinski definition) is 4. The van der Waals surface area contributed by atoms with Crippen molar-refractivity contribution >= 4 is 12.4 Å². The first-order chi connectivity index (χ1) is 11.0. The second kappa shape index (κ2) is 7.96. The monoisotopic (exact) mass is 361 g/mol. The lowest BCUT2D eigenvalue weighted by Crippen LogP contribution is -2.45. The van der Waals surface area contributed by atoms with Crippen LogP contribution in [0.2, 0.25) is 0 Å². The Hall–Kier alpha value is -1.64. The third-order valence-corrected chi connectivity index (χ3v) is 3.84. The molecule has 2 aromatic rings. The largest absolute Gasteiger partial charge is 0.408 e. The van der Waals surface area contributed by atoms with Crippen LogP contribution < -0.4 is 5.32 Å². The van der Waals surface area contributed by atoms with Crippen LogP contribution in [-0.4, -0.2) is 45.5 Å². The molecule has 0 aromatic carbocycles. The molecule has 2 aromatic heterocycles. The average molecular weight is 362 g/mol. The molecular weight excluding hydrogens is 343 g/mol. The lowest BCUT2D eigenvalue weighted by atomic mass is 10.0. The van der Waals surface area contributed by atoms with Crippen LogP contribution in [0.5, 0.6) is 0 Å². The molecule has 0 spiro atoms. The van der Waals surface area contributed by atoms with Crippen LogP contribution >= 0.6 is 12.4 Å². The molecule has 9 heteroatoms. The first-order valence-electron chi connectivity index (χ1n) is 7.44. The van der Waals surface area contributed by atoms with E-state index < -0.39 is 12.7 Å². The van der Waals surface area contributed by atoms with Gasteiger partial charge in [0.15, 0.2) is 0 Å². The molecule has 1 aliphatic heterocycles. The van der Waals surface area contributed by atoms with E-state index >= 15 is 0 Å². The van der Waals surface area contributed by atoms with Crippen molar-refractivity contribution in [1.29, 1.82) is 0 Å². The van der Waals surface area contributed by atoms with Crippen molar-refractivity contribution in [2.45, 2.75) is 25.3 Å². The molecule has 1 N–H and O–H groups in total. The molecule has 0 saturated carbocycles. The Morgan fingerprint density at radius 3 is 2.83 bits per heavy atom. The molecule has 0 amide bonds. The molecule has 1 unspecified atom stereocenters. The fourth-order valence-electron chi connectivity index (χ4n) is 2.83. The van der Waals surface area contributed by atoms with E-state index in [0.29, 0.717) is 6.54 Å². The zero-order chi connectivity index (χ0) is 16.3. The lowest BCUT2D eigenvalue weighted by molar-refractivity contribution is -0.142. The third kappa shape index (κ3) is 4.93. The van der Waals surface area contributed by atoms with Gasteiger partial charge in [-0.1, -0.05) is 6.07 Å². The molecule has 1 aliphatic rings. The summed E-state index contributed by atoms with van der Waals surface area (Å²) in [6, 6.07) is 4.07. The predicted molar refractivity (Wildman–Crippen MR) is 85.8 cm³/mol. The molecule has 1 saturated heterocycles. The molecule has 1 atom stereocenters. The van der Waals surface area contributed by atoms with Gasteiger partial charge in [-0.2, -0.15) is 18.3 Å². The van der Waals surface area contributed by atoms with Crippen molar-refractivity contribution in [2.24, 2.45) is 0 Å². The molecule has 24 heavy (non-hydrogen) atoms. The molecule has 0 bridgehead atoms. The lowest BCUT2D eigenvalue weighted by Gasteiger charge is -2.36. The minimum atomic E-state index is -4.25. The number of aromatic nitrogens is 3. The summed E-state index contributed by atoms with van der Waals surface area (Å²) in [4.78, 5) is 6.39. The molecule has 0 aliphatic carbocycles. The molecule has 5 nitrogen and oxygen atoms in total. The zero-order valence-corrected chi connectivity index (χ0v) is 13.7. The Kier molecular flexibility index (Phi) is 6.20. The number of rotatable bonds is 4. The minimum absolute atomic E-state index is 0. The van der Waals surface area contributed by atoms with Crippen molar-refractivity contribution in [3.05, 3.63) is 48.0 Å². The fraction of sp³-hybridized carbons (Fsp3) is 0.467. The highest BCUT2D eigenvalue weighted by Gasteiger charge is 2.29. The second-order valence-corrected chi connectivity index (χ2v) is 5.64. The van der Waals surface area contributed by atoms with E-state index in [1.807, 2.05) is 18.3 Å². The summed E-state index contributed by atoms with van der Waals surface area (Å²) in [6.07, 6.45) is 2.28. The second-order valence-electron chi connectivity index (χ2n) is 5.64. The maximum atomic E-state index is 12.4. The first-order valence-corrected chi connectivity index (χ1v) is 7.44. The first kappa shape index (κ1) is 18.7. The number of nitrogens with zero attached hydrogens (tertiary/aromatic N) is 4. The number of alkyl halides is 3. The van der Waals surface area contributed by atoms with Crippen molar-refractivity contribution < 1.29 is 13.2 Å². The van der Waals surface area contributed by atoms with E-state index in [1.165, 1.54) is 12.4 Å². The van der Waals surface area contributed by atoms with Crippen molar-refractivity contribution in [3.63, 3.8) is 0 Å². The summed E-state index contributed by atoms with van der Waals surface area (Å²) < 4.78 is 38.2. The van der Waals surface area contributed by atoms with Gasteiger partial charge in [-0.3, -0.25) is 14.6 Å². The van der Waals surface area contributed by atoms with E-state index in [1.54, 1.807) is 6.20 Å². The highest BCUT2D eigenvalue weighted by atomic mass is 35.5. The van der Waals surface area contributed by atoms with Crippen LogP contribution in [-0.2, 0) is 13.1 Å². The van der Waals surface area contributed by atoms with Gasteiger partial charge in [0.2, 0.25) is 0 Å². The Labute approximate surface area is 144 Å². The Bertz CT molecular complexity index is 632. The summed E-state index contributed by atoms with van der Waals surface area (Å²) in [5.41, 5.74) is 1.88. The number of nitrogens with one attached hydrogen (secondary N) is 1. The van der Waals surface area contributed by atoms with Gasteiger partial charge in [0.25, 0.3) is 0 Å². The van der Waals surface area contributed by atoms with Gasteiger partial charge < -0.3 is 5.32 Å². The third-order valence-electron chi connectivity index (χ3n) is 3.84. The van der Waals surface area contributed by atoms with Crippen molar-refractivity contribution in [3.8, 4) is 0 Å². The van der Waals surface area contributed by atoms with Crippen LogP contribution in [0, 0.1) is 0 Å². The van der Waals surface area contributed by atoms with E-state index in [0.717, 1.165) is 35.4 Å². The van der Waals surface area contributed by atoms with Gasteiger partial charge in [0, 0.05) is 56.4 Å². The average Bonchev–Trinajstić information content (AvgIpc) is 2.94. The Morgan fingerprint density at radius 2 is 2.12 bits per heavy atom. The summed E-state index contributed by atoms with van der Waals surface area (Å²) in [5, 5.41) is 7.15. The highest BCUT2D eigenvalue weighted by molar-refractivity contribution is 5.85. The SMILES string of the molecule is Cl.FC(F)(F)Cn1cc(CN2CCNCC2c2cccnc2)cn1. The molecular formula is C15H19ClF3N5. The van der Waals surface area contributed by atoms with Crippen LogP contribution in [0.4, 0.5) is 13.2 Å². The number of halogens is 4. The van der Waals surface area contributed by atoms with Gasteiger partial charge in [-0.05, 0) is 11.6 Å². The van der Waals surface area contributed by atoms with E-state index in [4.69, 9.17) is 0 Å². The normalized spacial score (nSPS) is 19.0. The van der Waals surface area contributed by atoms with E-state index in [9.17, 15) is 13.2 Å². The zero-order valence-electron chi connectivity index (χ0n) is 12.9. The van der Waals surface area contributed by atoms with Gasteiger partial charge in [0.1, 0.15) is 6.54 Å². The smallest absolute Gasteiger partial charge is 0.314 e. The standard InChI is InChI=1S/C15H18F3N5.ClH/c16-15(17,18)11-23-10-12(6-21-23)9-22-5-4-20-8-14(22)13-2-1-3-19-7-13;/h1-3,6-7,10,14,20H,4-5,8-9,11H2;1H. The van der Waals surface area contributed by atoms with Gasteiger partial charge in [-0.25, -0.2) is 0 Å². The van der Waals surface area contributed by atoms with Gasteiger partial charge in [-0.15, -0.1) is 12.4 Å². The van der Waals surface area contributed by atoms with E-state index in [2.05, 4.69) is 20.3 Å². The van der Waals surface area contributed by atoms with E-state index in [-0.39, 0.29) is 18.4 Å². The number of hydrogen-bond donors (Lipinski definition) is 1. The van der Waals surface area contributed by atoms with Crippen molar-refractivity contribution in [2.75, 3.05) is 19.6 Å². The number of piperazine rings is 1. The Morgan fingerprint density at radius 1 is 1.29 bits per heavy atom. The maximum absolute atomic E-state index is 12.4. The molecule has 0 radical (unpaired) electrons. The predicted octanol–water partition coefficient (Wildman–Crippen LogP) is 2.41. The molecule has 1 fully saturated rings. The van der Waals surface area contributed by atoms with Crippen molar-refractivity contribution in [1.82, 2.24) is 25.0 Å². The molecule has 132 valence electrons. The summed E-state index contributed by atoms with van der Waals surface area (Å²) in [6.45, 7) is 1.99. The topological polar surface area (TPSA) is 46.0 Å². The Balaban J connectivity index is 0.00000208. The van der Waals surface area contributed by atoms with Gasteiger partial charge in [0.05, 0.1) is 6.20 Å². The number of pyridine rings is 1. The summed E-state index contributed by atoms with van der Waals surface area (Å²) >= 11 is 0. The van der Waals surface area contributed by atoms with Crippen LogP contribution in [0.25, 0.3) is 0 Å².